The summed E-state index contributed by atoms with van der Waals surface area (Å²) in [6, 6.07) is 6.85. The molecule has 0 heterocycles. The largest absolute Gasteiger partial charge is 0.508 e. The molecule has 4 aliphatic carbocycles. The number of esters is 1. The van der Waals surface area contributed by atoms with Gasteiger partial charge >= 0.3 is 5.97 Å². The van der Waals surface area contributed by atoms with E-state index in [2.05, 4.69) is 47.6 Å². The zero-order valence-electron chi connectivity index (χ0n) is 26.0. The molecule has 0 bridgehead atoms. The fourth-order valence-electron chi connectivity index (χ4n) is 9.72. The summed E-state index contributed by atoms with van der Waals surface area (Å²) in [5, 5.41) is 9.46. The topological polar surface area (TPSA) is 46.5 Å². The van der Waals surface area contributed by atoms with Gasteiger partial charge in [-0.2, -0.15) is 0 Å². The van der Waals surface area contributed by atoms with Crippen LogP contribution >= 0.6 is 0 Å². The van der Waals surface area contributed by atoms with E-state index in [-0.39, 0.29) is 23.2 Å². The Kier molecular flexibility index (Phi) is 8.61. The van der Waals surface area contributed by atoms with E-state index in [0.29, 0.717) is 5.41 Å². The normalized spacial score (nSPS) is 36.9. The van der Waals surface area contributed by atoms with Gasteiger partial charge in [-0.1, -0.05) is 78.2 Å². The van der Waals surface area contributed by atoms with E-state index in [0.717, 1.165) is 66.3 Å². The zero-order chi connectivity index (χ0) is 28.7. The lowest BCUT2D eigenvalue weighted by Crippen LogP contribution is -2.51. The van der Waals surface area contributed by atoms with E-state index >= 15 is 0 Å². The predicted octanol–water partition coefficient (Wildman–Crippen LogP) is 9.60. The van der Waals surface area contributed by atoms with Crippen LogP contribution in [0, 0.1) is 52.3 Å². The van der Waals surface area contributed by atoms with E-state index in [4.69, 9.17) is 4.74 Å². The Morgan fingerprint density at radius 2 is 1.75 bits per heavy atom. The number of hydrogen-bond donors (Lipinski definition) is 1. The highest BCUT2D eigenvalue weighted by Crippen LogP contribution is 2.67. The van der Waals surface area contributed by atoms with Crippen LogP contribution in [0.25, 0.3) is 6.08 Å². The average molecular weight is 547 g/mol. The van der Waals surface area contributed by atoms with Crippen molar-refractivity contribution in [2.45, 2.75) is 112 Å². The van der Waals surface area contributed by atoms with Crippen LogP contribution in [0.5, 0.6) is 5.75 Å². The summed E-state index contributed by atoms with van der Waals surface area (Å²) in [5.41, 5.74) is 3.23. The smallest absolute Gasteiger partial charge is 0.331 e. The van der Waals surface area contributed by atoms with Crippen LogP contribution in [-0.4, -0.2) is 17.2 Å². The van der Waals surface area contributed by atoms with Gasteiger partial charge in [0.2, 0.25) is 0 Å². The Labute approximate surface area is 243 Å². The maximum absolute atomic E-state index is 12.6. The number of carbonyl (C=O) groups is 1. The number of rotatable bonds is 8. The molecule has 9 atom stereocenters. The summed E-state index contributed by atoms with van der Waals surface area (Å²) >= 11 is 0. The number of hydrogen-bond acceptors (Lipinski definition) is 3. The summed E-state index contributed by atoms with van der Waals surface area (Å²) in [7, 11) is 0. The lowest BCUT2D eigenvalue weighted by molar-refractivity contribution is -0.145. The van der Waals surface area contributed by atoms with Gasteiger partial charge in [0.1, 0.15) is 11.9 Å². The fraction of sp³-hybridized carbons (Fsp3) is 0.703. The molecular weight excluding hydrogens is 492 g/mol. The van der Waals surface area contributed by atoms with Gasteiger partial charge in [-0.05, 0) is 121 Å². The van der Waals surface area contributed by atoms with Gasteiger partial charge in [0.05, 0.1) is 0 Å². The lowest BCUT2D eigenvalue weighted by Gasteiger charge is -2.58. The third kappa shape index (κ3) is 5.68. The summed E-state index contributed by atoms with van der Waals surface area (Å²) in [6.07, 6.45) is 18.5. The van der Waals surface area contributed by atoms with E-state index in [1.165, 1.54) is 51.0 Å². The fourth-order valence-corrected chi connectivity index (χ4v) is 9.72. The first-order valence-corrected chi connectivity index (χ1v) is 16.4. The molecule has 0 spiro atoms. The number of phenols is 1. The van der Waals surface area contributed by atoms with Crippen molar-refractivity contribution in [3.05, 3.63) is 47.6 Å². The first-order valence-electron chi connectivity index (χ1n) is 16.4. The summed E-state index contributed by atoms with van der Waals surface area (Å²) in [5.74, 6) is 5.79. The molecule has 0 radical (unpaired) electrons. The third-order valence-corrected chi connectivity index (χ3v) is 12.6. The molecule has 1 aromatic carbocycles. The number of aromatic hydroxyl groups is 1. The molecule has 0 amide bonds. The van der Waals surface area contributed by atoms with Crippen LogP contribution in [0.2, 0.25) is 0 Å². The van der Waals surface area contributed by atoms with Gasteiger partial charge in [0.15, 0.2) is 0 Å². The van der Waals surface area contributed by atoms with Gasteiger partial charge in [0.25, 0.3) is 0 Å². The highest BCUT2D eigenvalue weighted by atomic mass is 16.5. The second-order valence-corrected chi connectivity index (χ2v) is 15.0. The van der Waals surface area contributed by atoms with Gasteiger partial charge in [0, 0.05) is 12.5 Å². The second kappa shape index (κ2) is 11.7. The Hall–Kier alpha value is -2.03. The quantitative estimate of drug-likeness (QED) is 0.201. The Morgan fingerprint density at radius 3 is 2.48 bits per heavy atom. The minimum atomic E-state index is -0.265. The highest BCUT2D eigenvalue weighted by molar-refractivity contribution is 5.87. The summed E-state index contributed by atoms with van der Waals surface area (Å²) in [6.45, 7) is 15.0. The molecule has 3 fully saturated rings. The van der Waals surface area contributed by atoms with Gasteiger partial charge < -0.3 is 9.84 Å². The zero-order valence-corrected chi connectivity index (χ0v) is 26.0. The van der Waals surface area contributed by atoms with Crippen LogP contribution in [0.3, 0.4) is 0 Å². The second-order valence-electron chi connectivity index (χ2n) is 15.0. The van der Waals surface area contributed by atoms with Crippen molar-refractivity contribution in [1.29, 1.82) is 0 Å². The molecule has 0 aromatic heterocycles. The van der Waals surface area contributed by atoms with E-state index < -0.39 is 0 Å². The SMILES string of the molecule is CC(C)C(C)CCC(C)C1CCC2C3CC=C4CC(OC(=O)C=Cc5ccc(O)cc5)CCC4(C)C3CCC12C. The average Bonchev–Trinajstić information content (AvgIpc) is 3.28. The van der Waals surface area contributed by atoms with Crippen molar-refractivity contribution in [3.63, 3.8) is 0 Å². The van der Waals surface area contributed by atoms with Crippen LogP contribution < -0.4 is 0 Å². The van der Waals surface area contributed by atoms with Crippen molar-refractivity contribution >= 4 is 12.0 Å². The maximum atomic E-state index is 12.6. The predicted molar refractivity (Wildman–Crippen MR) is 165 cm³/mol. The molecule has 3 heteroatoms. The van der Waals surface area contributed by atoms with Gasteiger partial charge in [-0.25, -0.2) is 4.79 Å². The number of phenolic OH excluding ortho intramolecular Hbond substituents is 1. The van der Waals surface area contributed by atoms with Crippen molar-refractivity contribution < 1.29 is 14.6 Å². The molecule has 3 nitrogen and oxygen atoms in total. The first kappa shape index (κ1) is 29.5. The molecule has 0 aliphatic heterocycles. The lowest BCUT2D eigenvalue weighted by atomic mass is 9.47. The minimum Gasteiger partial charge on any atom is -0.508 e. The molecule has 1 N–H and O–H groups in total. The van der Waals surface area contributed by atoms with Crippen LogP contribution in [0.15, 0.2) is 42.0 Å². The van der Waals surface area contributed by atoms with Crippen molar-refractivity contribution in [2.75, 3.05) is 0 Å². The maximum Gasteiger partial charge on any atom is 0.331 e. The van der Waals surface area contributed by atoms with Gasteiger partial charge in [-0.15, -0.1) is 0 Å². The molecule has 3 saturated carbocycles. The van der Waals surface area contributed by atoms with E-state index in [9.17, 15) is 9.90 Å². The molecule has 40 heavy (non-hydrogen) atoms. The molecular formula is C37H54O3. The molecule has 5 rings (SSSR count). The molecule has 220 valence electrons. The highest BCUT2D eigenvalue weighted by Gasteiger charge is 2.59. The Morgan fingerprint density at radius 1 is 1.00 bits per heavy atom. The van der Waals surface area contributed by atoms with Crippen LogP contribution in [0.1, 0.15) is 111 Å². The standard InChI is InChI=1S/C37H54O3/c1-24(2)25(3)7-8-26(4)32-16-17-33-31-15-12-28-23-30(19-21-36(28,5)34(31)20-22-37(32,33)6)40-35(39)18-11-27-9-13-29(38)14-10-27/h9-14,18,24-26,30-34,38H,7-8,15-17,19-23H2,1-6H3. The Balaban J connectivity index is 1.21. The van der Waals surface area contributed by atoms with Crippen molar-refractivity contribution in [3.8, 4) is 5.75 Å². The van der Waals surface area contributed by atoms with Gasteiger partial charge in [-0.3, -0.25) is 0 Å². The number of benzene rings is 1. The molecule has 9 unspecified atom stereocenters. The summed E-state index contributed by atoms with van der Waals surface area (Å²) in [4.78, 5) is 12.6. The number of ether oxygens (including phenoxy) is 1. The van der Waals surface area contributed by atoms with E-state index in [1.807, 2.05) is 0 Å². The number of fused-ring (bicyclic) bond motifs is 5. The minimum absolute atomic E-state index is 0.0216. The van der Waals surface area contributed by atoms with E-state index in [1.54, 1.807) is 35.9 Å². The van der Waals surface area contributed by atoms with Crippen LogP contribution in [0.4, 0.5) is 0 Å². The summed E-state index contributed by atoms with van der Waals surface area (Å²) < 4.78 is 5.93. The molecule has 4 aliphatic rings. The number of allylic oxidation sites excluding steroid dienone is 1. The number of carbonyl (C=O) groups excluding carboxylic acids is 1. The monoisotopic (exact) mass is 546 g/mol. The molecule has 0 saturated heterocycles. The first-order chi connectivity index (χ1) is 19.0. The third-order valence-electron chi connectivity index (χ3n) is 12.6. The van der Waals surface area contributed by atoms with Crippen molar-refractivity contribution in [2.24, 2.45) is 52.3 Å². The van der Waals surface area contributed by atoms with Crippen molar-refractivity contribution in [1.82, 2.24) is 0 Å². The molecule has 1 aromatic rings. The Bertz CT molecular complexity index is 1100. The van der Waals surface area contributed by atoms with Crippen LogP contribution in [-0.2, 0) is 9.53 Å².